The van der Waals surface area contributed by atoms with Crippen LogP contribution in [0.3, 0.4) is 0 Å². The van der Waals surface area contributed by atoms with E-state index in [1.54, 1.807) is 18.7 Å². The predicted octanol–water partition coefficient (Wildman–Crippen LogP) is 2.58. The Morgan fingerprint density at radius 1 is 1.40 bits per heavy atom. The summed E-state index contributed by atoms with van der Waals surface area (Å²) in [6.45, 7) is 6.01. The van der Waals surface area contributed by atoms with Gasteiger partial charge in [-0.15, -0.1) is 0 Å². The highest BCUT2D eigenvalue weighted by Gasteiger charge is 2.18. The summed E-state index contributed by atoms with van der Waals surface area (Å²) in [6.07, 6.45) is 6.09. The van der Waals surface area contributed by atoms with E-state index in [0.29, 0.717) is 0 Å². The van der Waals surface area contributed by atoms with Crippen molar-refractivity contribution >= 4 is 0 Å². The third-order valence-electron chi connectivity index (χ3n) is 3.02. The van der Waals surface area contributed by atoms with E-state index in [4.69, 9.17) is 15.0 Å². The molecular weight excluding hydrogens is 254 g/mol. The molecule has 0 radical (unpaired) electrons. The third kappa shape index (κ3) is 3.18. The zero-order valence-electron chi connectivity index (χ0n) is 12.1. The molecule has 1 unspecified atom stereocenters. The maximum absolute atomic E-state index is 5.71. The molecule has 0 bridgehead atoms. The molecule has 2 rings (SSSR count). The van der Waals surface area contributed by atoms with Gasteiger partial charge in [0.05, 0.1) is 24.6 Å². The van der Waals surface area contributed by atoms with Crippen LogP contribution >= 0.6 is 0 Å². The van der Waals surface area contributed by atoms with E-state index < -0.39 is 0 Å². The van der Waals surface area contributed by atoms with E-state index in [0.717, 1.165) is 29.1 Å². The molecular formula is C15H21N3O2. The van der Waals surface area contributed by atoms with E-state index in [1.807, 2.05) is 32.9 Å². The number of nitrogens with zero attached hydrogens (tertiary/aromatic N) is 1. The van der Waals surface area contributed by atoms with Gasteiger partial charge in [0.15, 0.2) is 0 Å². The highest BCUT2D eigenvalue weighted by atomic mass is 16.5. The van der Waals surface area contributed by atoms with E-state index >= 15 is 0 Å². The molecule has 5 heteroatoms. The van der Waals surface area contributed by atoms with Gasteiger partial charge >= 0.3 is 0 Å². The van der Waals surface area contributed by atoms with Gasteiger partial charge in [-0.2, -0.15) is 0 Å². The van der Waals surface area contributed by atoms with Crippen molar-refractivity contribution < 1.29 is 9.15 Å². The van der Waals surface area contributed by atoms with Crippen molar-refractivity contribution in [3.8, 4) is 5.75 Å². The quantitative estimate of drug-likeness (QED) is 0.626. The molecule has 0 aliphatic carbocycles. The number of aryl methyl sites for hydroxylation is 1. The summed E-state index contributed by atoms with van der Waals surface area (Å²) in [5, 5.41) is 0. The summed E-state index contributed by atoms with van der Waals surface area (Å²) in [4.78, 5) is 4.22. The second-order valence-electron chi connectivity index (χ2n) is 4.87. The fraction of sp³-hybridized carbons (Fsp3) is 0.400. The molecule has 2 heterocycles. The van der Waals surface area contributed by atoms with Crippen LogP contribution in [-0.2, 0) is 6.42 Å². The number of ether oxygens (including phenoxy) is 1. The Balaban J connectivity index is 2.32. The molecule has 0 amide bonds. The fourth-order valence-corrected chi connectivity index (χ4v) is 2.19. The van der Waals surface area contributed by atoms with Gasteiger partial charge in [-0.25, -0.2) is 5.43 Å². The van der Waals surface area contributed by atoms with E-state index in [1.165, 1.54) is 0 Å². The van der Waals surface area contributed by atoms with Crippen molar-refractivity contribution in [3.05, 3.63) is 47.7 Å². The summed E-state index contributed by atoms with van der Waals surface area (Å²) in [5.41, 5.74) is 4.79. The molecule has 0 aliphatic rings. The number of rotatable bonds is 6. The largest absolute Gasteiger partial charge is 0.489 e. The Morgan fingerprint density at radius 2 is 2.20 bits per heavy atom. The van der Waals surface area contributed by atoms with Gasteiger partial charge in [0.25, 0.3) is 0 Å². The van der Waals surface area contributed by atoms with Crippen LogP contribution < -0.4 is 16.0 Å². The second kappa shape index (κ2) is 6.54. The first-order chi connectivity index (χ1) is 9.65. The minimum absolute atomic E-state index is 0.108. The Bertz CT molecular complexity index is 552. The normalized spacial score (nSPS) is 12.7. The van der Waals surface area contributed by atoms with Crippen LogP contribution in [0.15, 0.2) is 35.2 Å². The van der Waals surface area contributed by atoms with Gasteiger partial charge < -0.3 is 9.15 Å². The van der Waals surface area contributed by atoms with Crippen LogP contribution in [0.5, 0.6) is 5.75 Å². The van der Waals surface area contributed by atoms with Crippen molar-refractivity contribution in [2.24, 2.45) is 5.84 Å². The SMILES string of the molecule is CCc1occc1C(NN)c1cncc(OC(C)C)c1. The van der Waals surface area contributed by atoms with Crippen LogP contribution in [0, 0.1) is 0 Å². The summed E-state index contributed by atoms with van der Waals surface area (Å²) in [6, 6.07) is 3.72. The molecule has 3 N–H and O–H groups in total. The molecule has 20 heavy (non-hydrogen) atoms. The van der Waals surface area contributed by atoms with Gasteiger partial charge in [-0.3, -0.25) is 10.8 Å². The average molecular weight is 275 g/mol. The van der Waals surface area contributed by atoms with Gasteiger partial charge in [-0.05, 0) is 31.5 Å². The summed E-state index contributed by atoms with van der Waals surface area (Å²) in [5.74, 6) is 7.37. The van der Waals surface area contributed by atoms with Crippen LogP contribution in [0.2, 0.25) is 0 Å². The minimum atomic E-state index is -0.160. The molecule has 5 nitrogen and oxygen atoms in total. The van der Waals surface area contributed by atoms with Crippen molar-refractivity contribution in [2.75, 3.05) is 0 Å². The van der Waals surface area contributed by atoms with Gasteiger partial charge in [0.1, 0.15) is 11.5 Å². The lowest BCUT2D eigenvalue weighted by molar-refractivity contribution is 0.241. The number of furan rings is 1. The molecule has 1 atom stereocenters. The molecule has 0 saturated heterocycles. The van der Waals surface area contributed by atoms with E-state index in [-0.39, 0.29) is 12.1 Å². The smallest absolute Gasteiger partial charge is 0.138 e. The van der Waals surface area contributed by atoms with E-state index in [9.17, 15) is 0 Å². The monoisotopic (exact) mass is 275 g/mol. The average Bonchev–Trinajstić information content (AvgIpc) is 2.87. The number of hydrazine groups is 1. The molecule has 0 saturated carbocycles. The molecule has 0 spiro atoms. The fourth-order valence-electron chi connectivity index (χ4n) is 2.19. The topological polar surface area (TPSA) is 73.3 Å². The molecule has 0 aliphatic heterocycles. The molecule has 2 aromatic heterocycles. The maximum Gasteiger partial charge on any atom is 0.138 e. The van der Waals surface area contributed by atoms with Crippen molar-refractivity contribution in [2.45, 2.75) is 39.3 Å². The minimum Gasteiger partial charge on any atom is -0.489 e. The maximum atomic E-state index is 5.71. The molecule has 2 aromatic rings. The summed E-state index contributed by atoms with van der Waals surface area (Å²) < 4.78 is 11.1. The van der Waals surface area contributed by atoms with Crippen molar-refractivity contribution in [1.82, 2.24) is 10.4 Å². The second-order valence-corrected chi connectivity index (χ2v) is 4.87. The number of pyridine rings is 1. The van der Waals surface area contributed by atoms with Crippen molar-refractivity contribution in [1.29, 1.82) is 0 Å². The first-order valence-corrected chi connectivity index (χ1v) is 6.79. The van der Waals surface area contributed by atoms with Crippen LogP contribution in [0.25, 0.3) is 0 Å². The molecule has 0 aromatic carbocycles. The third-order valence-corrected chi connectivity index (χ3v) is 3.02. The predicted molar refractivity (Wildman–Crippen MR) is 77.3 cm³/mol. The Morgan fingerprint density at radius 3 is 2.85 bits per heavy atom. The number of nitrogens with one attached hydrogen (secondary N) is 1. The number of hydrogen-bond acceptors (Lipinski definition) is 5. The Labute approximate surface area is 119 Å². The zero-order chi connectivity index (χ0) is 14.5. The lowest BCUT2D eigenvalue weighted by Crippen LogP contribution is -2.29. The van der Waals surface area contributed by atoms with Gasteiger partial charge in [-0.1, -0.05) is 6.92 Å². The first kappa shape index (κ1) is 14.6. The highest BCUT2D eigenvalue weighted by Crippen LogP contribution is 2.27. The number of aromatic nitrogens is 1. The standard InChI is InChI=1S/C15H21N3O2/c1-4-14-13(5-6-19-14)15(18-16)11-7-12(9-17-8-11)20-10(2)3/h5-10,15,18H,4,16H2,1-3H3. The lowest BCUT2D eigenvalue weighted by atomic mass is 10.0. The van der Waals surface area contributed by atoms with E-state index in [2.05, 4.69) is 10.4 Å². The Kier molecular flexibility index (Phi) is 4.76. The van der Waals surface area contributed by atoms with Crippen LogP contribution in [0.4, 0.5) is 0 Å². The molecule has 0 fully saturated rings. The van der Waals surface area contributed by atoms with Crippen LogP contribution in [-0.4, -0.2) is 11.1 Å². The highest BCUT2D eigenvalue weighted by molar-refractivity contribution is 5.35. The van der Waals surface area contributed by atoms with Gasteiger partial charge in [0, 0.05) is 18.2 Å². The van der Waals surface area contributed by atoms with Crippen molar-refractivity contribution in [3.63, 3.8) is 0 Å². The first-order valence-electron chi connectivity index (χ1n) is 6.79. The number of hydrogen-bond donors (Lipinski definition) is 2. The molecule has 108 valence electrons. The van der Waals surface area contributed by atoms with Crippen LogP contribution in [0.1, 0.15) is 43.7 Å². The lowest BCUT2D eigenvalue weighted by Gasteiger charge is -2.17. The Hall–Kier alpha value is -1.85. The zero-order valence-corrected chi connectivity index (χ0v) is 12.1. The summed E-state index contributed by atoms with van der Waals surface area (Å²) >= 11 is 0. The van der Waals surface area contributed by atoms with Gasteiger partial charge in [0.2, 0.25) is 0 Å². The summed E-state index contributed by atoms with van der Waals surface area (Å²) in [7, 11) is 0. The number of nitrogens with two attached hydrogens (primary N) is 1.